The fraction of sp³-hybridized carbons (Fsp3) is 0.667. The molecule has 4 atom stereocenters. The largest absolute Gasteiger partial charge is 0.477 e. The van der Waals surface area contributed by atoms with Gasteiger partial charge in [-0.05, 0) is 12.7 Å². The molecule has 0 radical (unpaired) electrons. The van der Waals surface area contributed by atoms with E-state index >= 15 is 0 Å². The zero-order chi connectivity index (χ0) is 17.4. The second kappa shape index (κ2) is 6.97. The molecule has 132 valence electrons. The van der Waals surface area contributed by atoms with Gasteiger partial charge in [0.1, 0.15) is 5.70 Å². The van der Waals surface area contributed by atoms with Crippen molar-refractivity contribution in [1.29, 1.82) is 0 Å². The molecule has 0 aliphatic carbocycles. The maximum absolute atomic E-state index is 12.3. The first-order valence-electron chi connectivity index (χ1n) is 7.90. The van der Waals surface area contributed by atoms with Crippen LogP contribution in [-0.4, -0.2) is 69.4 Å². The van der Waals surface area contributed by atoms with Gasteiger partial charge in [-0.2, -0.15) is 0 Å². The molecule has 0 spiro atoms. The van der Waals surface area contributed by atoms with Crippen molar-refractivity contribution in [3.63, 3.8) is 0 Å². The van der Waals surface area contributed by atoms with E-state index in [0.29, 0.717) is 13.0 Å². The second-order valence-corrected chi connectivity index (χ2v) is 8.23. The number of aliphatic carboxylic acids is 1. The molecular weight excluding hydrogens is 350 g/mol. The van der Waals surface area contributed by atoms with Gasteiger partial charge in [0, 0.05) is 29.2 Å². The van der Waals surface area contributed by atoms with Crippen LogP contribution in [0.15, 0.2) is 15.6 Å². The van der Waals surface area contributed by atoms with Gasteiger partial charge in [0.2, 0.25) is 5.91 Å². The van der Waals surface area contributed by atoms with Crippen molar-refractivity contribution in [2.45, 2.75) is 24.6 Å². The van der Waals surface area contributed by atoms with Gasteiger partial charge in [-0.1, -0.05) is 18.7 Å². The molecule has 3 heterocycles. The van der Waals surface area contributed by atoms with E-state index in [4.69, 9.17) is 5.11 Å². The lowest BCUT2D eigenvalue weighted by atomic mass is 9.80. The van der Waals surface area contributed by atoms with Crippen molar-refractivity contribution in [1.82, 2.24) is 10.2 Å². The predicted octanol–water partition coefficient (Wildman–Crippen LogP) is 0.566. The van der Waals surface area contributed by atoms with E-state index in [1.165, 1.54) is 16.7 Å². The molecule has 0 aromatic heterocycles. The average Bonchev–Trinajstić information content (AvgIpc) is 2.83. The minimum Gasteiger partial charge on any atom is -0.477 e. The van der Waals surface area contributed by atoms with Gasteiger partial charge in [-0.3, -0.25) is 9.79 Å². The highest BCUT2D eigenvalue weighted by atomic mass is 32.2. The van der Waals surface area contributed by atoms with Crippen molar-refractivity contribution < 1.29 is 19.8 Å². The van der Waals surface area contributed by atoms with Crippen LogP contribution in [0.1, 0.15) is 13.3 Å². The van der Waals surface area contributed by atoms with E-state index in [9.17, 15) is 14.7 Å². The van der Waals surface area contributed by atoms with Crippen LogP contribution in [0.25, 0.3) is 0 Å². The van der Waals surface area contributed by atoms with Gasteiger partial charge in [-0.25, -0.2) is 4.79 Å². The molecule has 24 heavy (non-hydrogen) atoms. The highest BCUT2D eigenvalue weighted by molar-refractivity contribution is 8.13. The molecule has 1 saturated heterocycles. The third-order valence-electron chi connectivity index (χ3n) is 4.71. The number of carboxylic acids is 1. The lowest BCUT2D eigenvalue weighted by Crippen LogP contribution is -2.60. The number of aliphatic hydroxyl groups is 1. The number of aliphatic hydroxyl groups excluding tert-OH is 1. The van der Waals surface area contributed by atoms with Crippen LogP contribution in [0, 0.1) is 11.8 Å². The molecule has 9 heteroatoms. The Morgan fingerprint density at radius 2 is 2.25 bits per heavy atom. The number of nitrogens with zero attached hydrogens (tertiary/aromatic N) is 2. The highest BCUT2D eigenvalue weighted by Crippen LogP contribution is 2.51. The molecule has 0 bridgehead atoms. The monoisotopic (exact) mass is 371 g/mol. The topological polar surface area (TPSA) is 102 Å². The smallest absolute Gasteiger partial charge is 0.353 e. The zero-order valence-electron chi connectivity index (χ0n) is 13.6. The number of fused-ring (bicyclic) bond motifs is 1. The molecule has 1 amide bonds. The molecule has 3 N–H and O–H groups in total. The van der Waals surface area contributed by atoms with Crippen LogP contribution >= 0.6 is 23.5 Å². The normalized spacial score (nSPS) is 32.2. The minimum absolute atomic E-state index is 0.0266. The van der Waals surface area contributed by atoms with Crippen LogP contribution in [0.2, 0.25) is 0 Å². The molecule has 0 aromatic carbocycles. The quantitative estimate of drug-likeness (QED) is 0.607. The summed E-state index contributed by atoms with van der Waals surface area (Å²) in [6.07, 6.45) is 2.35. The van der Waals surface area contributed by atoms with E-state index < -0.39 is 5.97 Å². The van der Waals surface area contributed by atoms with Crippen molar-refractivity contribution in [3.8, 4) is 0 Å². The van der Waals surface area contributed by atoms with Crippen LogP contribution in [0.5, 0.6) is 0 Å². The van der Waals surface area contributed by atoms with E-state index in [0.717, 1.165) is 16.6 Å². The SMILES string of the molecule is CSC1=NC[C@H](SC2=C(C(=O)O)N3C(=O)[C@@H](CCO)[C@H]3[C@H]2C)CN1. The van der Waals surface area contributed by atoms with Crippen LogP contribution in [-0.2, 0) is 9.59 Å². The Labute approximate surface area is 149 Å². The summed E-state index contributed by atoms with van der Waals surface area (Å²) >= 11 is 3.08. The van der Waals surface area contributed by atoms with Crippen LogP contribution in [0.4, 0.5) is 0 Å². The van der Waals surface area contributed by atoms with Gasteiger partial charge < -0.3 is 20.4 Å². The number of carbonyl (C=O) groups is 2. The molecule has 7 nitrogen and oxygen atoms in total. The lowest BCUT2D eigenvalue weighted by Gasteiger charge is -2.45. The Morgan fingerprint density at radius 1 is 1.50 bits per heavy atom. The standard InChI is InChI=1S/C15H21N3O4S2/c1-7-10-9(3-4-19)13(20)18(10)11(14(21)22)12(7)24-8-5-16-15(23-2)17-6-8/h7-10,19H,3-6H2,1-2H3,(H,16,17)(H,21,22)/t7-,9+,10-/m1/s1. The first kappa shape index (κ1) is 17.6. The number of nitrogens with one attached hydrogen (secondary N) is 1. The summed E-state index contributed by atoms with van der Waals surface area (Å²) in [5.74, 6) is -1.54. The molecule has 0 aromatic rings. The maximum atomic E-state index is 12.3. The first-order chi connectivity index (χ1) is 11.5. The Morgan fingerprint density at radius 3 is 2.79 bits per heavy atom. The zero-order valence-corrected chi connectivity index (χ0v) is 15.2. The number of carboxylic acid groups (broad SMARTS) is 1. The van der Waals surface area contributed by atoms with Crippen molar-refractivity contribution in [2.24, 2.45) is 16.8 Å². The van der Waals surface area contributed by atoms with E-state index in [1.54, 1.807) is 11.8 Å². The van der Waals surface area contributed by atoms with E-state index in [1.807, 2.05) is 13.2 Å². The molecular formula is C15H21N3O4S2. The Kier molecular flexibility index (Phi) is 5.12. The molecule has 3 rings (SSSR count). The lowest BCUT2D eigenvalue weighted by molar-refractivity contribution is -0.157. The molecule has 0 unspecified atom stereocenters. The van der Waals surface area contributed by atoms with Crippen molar-refractivity contribution in [2.75, 3.05) is 26.0 Å². The summed E-state index contributed by atoms with van der Waals surface area (Å²) in [6, 6.07) is -0.139. The number of thioether (sulfide) groups is 2. The highest BCUT2D eigenvalue weighted by Gasteiger charge is 2.58. The van der Waals surface area contributed by atoms with Crippen molar-refractivity contribution in [3.05, 3.63) is 10.6 Å². The number of β-lactam (4-membered cyclic amide) rings is 1. The van der Waals surface area contributed by atoms with Crippen LogP contribution in [0.3, 0.4) is 0 Å². The average molecular weight is 371 g/mol. The fourth-order valence-corrected chi connectivity index (χ4v) is 5.35. The Hall–Kier alpha value is -1.19. The third-order valence-corrected chi connectivity index (χ3v) is 6.84. The predicted molar refractivity (Wildman–Crippen MR) is 94.9 cm³/mol. The number of carbonyl (C=O) groups excluding carboxylic acids is 1. The van der Waals surface area contributed by atoms with E-state index in [2.05, 4.69) is 10.3 Å². The molecule has 3 aliphatic rings. The van der Waals surface area contributed by atoms with Crippen LogP contribution < -0.4 is 5.32 Å². The summed E-state index contributed by atoms with van der Waals surface area (Å²) < 4.78 is 0. The number of hydrogen-bond acceptors (Lipinski definition) is 7. The van der Waals surface area contributed by atoms with Crippen molar-refractivity contribution >= 4 is 40.6 Å². The number of aliphatic imine (C=N–C) groups is 1. The van der Waals surface area contributed by atoms with Gasteiger partial charge in [0.25, 0.3) is 0 Å². The van der Waals surface area contributed by atoms with Gasteiger partial charge in [0.05, 0.1) is 18.5 Å². The molecule has 1 fully saturated rings. The number of amides is 1. The van der Waals surface area contributed by atoms with Gasteiger partial charge in [0.15, 0.2) is 5.17 Å². The van der Waals surface area contributed by atoms with E-state index in [-0.39, 0.29) is 41.3 Å². The fourth-order valence-electron chi connectivity index (χ4n) is 3.60. The van der Waals surface area contributed by atoms with Gasteiger partial charge >= 0.3 is 5.97 Å². The summed E-state index contributed by atoms with van der Waals surface area (Å²) in [7, 11) is 0. The third kappa shape index (κ3) is 2.82. The minimum atomic E-state index is -1.06. The number of amidine groups is 1. The summed E-state index contributed by atoms with van der Waals surface area (Å²) in [6.45, 7) is 3.28. The summed E-state index contributed by atoms with van der Waals surface area (Å²) in [5, 5.41) is 23.0. The maximum Gasteiger partial charge on any atom is 0.353 e. The Bertz CT molecular complexity index is 622. The number of hydrogen-bond donors (Lipinski definition) is 3. The summed E-state index contributed by atoms with van der Waals surface area (Å²) in [5.41, 5.74) is 0.122. The first-order valence-corrected chi connectivity index (χ1v) is 10.00. The summed E-state index contributed by atoms with van der Waals surface area (Å²) in [4.78, 5) is 30.6. The number of rotatable bonds is 5. The second-order valence-electron chi connectivity index (χ2n) is 6.10. The molecule has 3 aliphatic heterocycles. The van der Waals surface area contributed by atoms with Gasteiger partial charge in [-0.15, -0.1) is 11.8 Å². The Balaban J connectivity index is 1.80. The molecule has 0 saturated carbocycles.